The van der Waals surface area contributed by atoms with Gasteiger partial charge in [-0.25, -0.2) is 35.7 Å². The summed E-state index contributed by atoms with van der Waals surface area (Å²) in [6.45, 7) is -1.12. The minimum absolute atomic E-state index is 0.00187. The Morgan fingerprint density at radius 3 is 2.12 bits per heavy atom. The van der Waals surface area contributed by atoms with Crippen molar-refractivity contribution in [1.29, 1.82) is 0 Å². The van der Waals surface area contributed by atoms with Crippen LogP contribution in [0.1, 0.15) is 53.2 Å². The summed E-state index contributed by atoms with van der Waals surface area (Å²) in [5.41, 5.74) is 5.47. The lowest BCUT2D eigenvalue weighted by Gasteiger charge is -2.23. The number of nitrogens with zero attached hydrogens (tertiary/aromatic N) is 2. The van der Waals surface area contributed by atoms with E-state index in [4.69, 9.17) is 0 Å². The fourth-order valence-corrected chi connectivity index (χ4v) is 5.33. The third-order valence-electron chi connectivity index (χ3n) is 6.53. The molecule has 1 atom stereocenters. The number of carbonyl (C=O) groups excluding carboxylic acids is 1. The number of amides is 1. The molecule has 1 heterocycles. The molecule has 226 valence electrons. The van der Waals surface area contributed by atoms with Crippen molar-refractivity contribution in [1.82, 2.24) is 9.71 Å². The molecule has 0 aliphatic heterocycles. The Hall–Kier alpha value is -3.95. The zero-order chi connectivity index (χ0) is 31.1. The van der Waals surface area contributed by atoms with Crippen LogP contribution >= 0.6 is 0 Å². The van der Waals surface area contributed by atoms with Crippen molar-refractivity contribution in [3.05, 3.63) is 82.4 Å². The molecular formula is C27H27F5N4O5S. The number of benzene rings is 2. The van der Waals surface area contributed by atoms with E-state index in [1.54, 1.807) is 12.3 Å². The monoisotopic (exact) mass is 614 g/mol. The van der Waals surface area contributed by atoms with Crippen molar-refractivity contribution in [2.75, 3.05) is 18.5 Å². The first-order chi connectivity index (χ1) is 20.0. The summed E-state index contributed by atoms with van der Waals surface area (Å²) < 4.78 is 82.9. The van der Waals surface area contributed by atoms with E-state index in [0.29, 0.717) is 11.6 Å². The minimum atomic E-state index is -3.03. The first-order valence-corrected chi connectivity index (χ1v) is 13.7. The molecule has 5 N–H and O–H groups in total. The van der Waals surface area contributed by atoms with E-state index < -0.39 is 74.7 Å². The molecule has 15 heteroatoms. The minimum Gasteiger partial charge on any atom is -0.507 e. The van der Waals surface area contributed by atoms with Crippen LogP contribution in [-0.4, -0.2) is 44.9 Å². The second-order valence-electron chi connectivity index (χ2n) is 9.04. The molecule has 9 nitrogen and oxygen atoms in total. The maximum absolute atomic E-state index is 14.0. The van der Waals surface area contributed by atoms with Gasteiger partial charge in [-0.3, -0.25) is 9.78 Å². The molecule has 2 aromatic carbocycles. The Morgan fingerprint density at radius 1 is 1.00 bits per heavy atom. The molecule has 1 aliphatic carbocycles. The largest absolute Gasteiger partial charge is 0.507 e. The van der Waals surface area contributed by atoms with Crippen LogP contribution in [0.25, 0.3) is 0 Å². The SMILES string of the molecule is CN.O=C(O)c1ccc(N(Cc2ccc(C3CCCC3)cn2)C(=O)CNS(=O)c2c(F)c(F)c(F)c(F)c2F)cc1O. The number of carbonyl (C=O) groups is 2. The number of halogens is 5. The molecular weight excluding hydrogens is 587 g/mol. The maximum atomic E-state index is 14.0. The molecule has 1 aliphatic rings. The predicted molar refractivity (Wildman–Crippen MR) is 142 cm³/mol. The molecule has 0 radical (unpaired) electrons. The van der Waals surface area contributed by atoms with Crippen molar-refractivity contribution >= 4 is 28.5 Å². The van der Waals surface area contributed by atoms with Crippen molar-refractivity contribution in [3.8, 4) is 5.75 Å². The summed E-state index contributed by atoms with van der Waals surface area (Å²) in [6.07, 6.45) is 5.97. The number of phenols is 1. The number of hydrogen-bond acceptors (Lipinski definition) is 6. The molecule has 0 bridgehead atoms. The molecule has 4 rings (SSSR count). The highest BCUT2D eigenvalue weighted by atomic mass is 32.2. The summed E-state index contributed by atoms with van der Waals surface area (Å²) >= 11 is 0. The molecule has 1 aromatic heterocycles. The van der Waals surface area contributed by atoms with Crippen molar-refractivity contribution < 1.29 is 46.0 Å². The smallest absolute Gasteiger partial charge is 0.339 e. The van der Waals surface area contributed by atoms with Gasteiger partial charge in [0.2, 0.25) is 11.7 Å². The number of carboxylic acid groups (broad SMARTS) is 1. The van der Waals surface area contributed by atoms with E-state index in [0.717, 1.165) is 48.3 Å². The van der Waals surface area contributed by atoms with Gasteiger partial charge in [0.05, 0.1) is 18.8 Å². The Morgan fingerprint density at radius 2 is 1.60 bits per heavy atom. The van der Waals surface area contributed by atoms with E-state index in [1.807, 2.05) is 10.8 Å². The van der Waals surface area contributed by atoms with Gasteiger partial charge in [0.25, 0.3) is 0 Å². The molecule has 0 saturated heterocycles. The normalized spacial score (nSPS) is 13.8. The highest BCUT2D eigenvalue weighted by molar-refractivity contribution is 7.83. The van der Waals surface area contributed by atoms with Crippen LogP contribution < -0.4 is 15.4 Å². The van der Waals surface area contributed by atoms with Gasteiger partial charge in [0.15, 0.2) is 23.3 Å². The lowest BCUT2D eigenvalue weighted by molar-refractivity contribution is -0.117. The van der Waals surface area contributed by atoms with Crippen molar-refractivity contribution in [2.24, 2.45) is 5.73 Å². The molecule has 3 aromatic rings. The van der Waals surface area contributed by atoms with Gasteiger partial charge in [-0.2, -0.15) is 0 Å². The van der Waals surface area contributed by atoms with Crippen LogP contribution in [0, 0.1) is 29.1 Å². The highest BCUT2D eigenvalue weighted by Crippen LogP contribution is 2.34. The summed E-state index contributed by atoms with van der Waals surface area (Å²) in [6, 6.07) is 6.80. The van der Waals surface area contributed by atoms with Crippen LogP contribution in [0.5, 0.6) is 5.75 Å². The average molecular weight is 615 g/mol. The first-order valence-electron chi connectivity index (χ1n) is 12.6. The van der Waals surface area contributed by atoms with Crippen LogP contribution in [0.15, 0.2) is 41.4 Å². The van der Waals surface area contributed by atoms with E-state index in [2.05, 4.69) is 10.7 Å². The second kappa shape index (κ2) is 14.3. The topological polar surface area (TPSA) is 146 Å². The number of rotatable bonds is 9. The van der Waals surface area contributed by atoms with E-state index in [9.17, 15) is 46.0 Å². The standard InChI is InChI=1S/C26H22F5N3O5S.CH5N/c27-20-21(28)23(30)25(24(31)22(20)29)40(39)33-11-19(36)34(16-7-8-17(26(37)38)18(35)9-16)12-15-6-5-14(10-32-15)13-3-1-2-4-13;1-2/h5-10,13,33,35H,1-4,11-12H2,(H,37,38);2H2,1H3. The fourth-order valence-electron chi connectivity index (χ4n) is 4.43. The number of nitrogens with two attached hydrogens (primary N) is 1. The van der Waals surface area contributed by atoms with Crippen LogP contribution in [0.4, 0.5) is 27.6 Å². The molecule has 1 amide bonds. The van der Waals surface area contributed by atoms with Gasteiger partial charge >= 0.3 is 5.97 Å². The van der Waals surface area contributed by atoms with E-state index in [-0.39, 0.29) is 12.2 Å². The van der Waals surface area contributed by atoms with Gasteiger partial charge < -0.3 is 20.8 Å². The van der Waals surface area contributed by atoms with Gasteiger partial charge in [-0.1, -0.05) is 18.9 Å². The average Bonchev–Trinajstić information content (AvgIpc) is 3.53. The zero-order valence-electron chi connectivity index (χ0n) is 22.2. The van der Waals surface area contributed by atoms with Gasteiger partial charge in [-0.05, 0) is 49.6 Å². The molecule has 1 saturated carbocycles. The Kier molecular flexibility index (Phi) is 11.1. The highest BCUT2D eigenvalue weighted by Gasteiger charge is 2.30. The van der Waals surface area contributed by atoms with Crippen molar-refractivity contribution in [2.45, 2.75) is 43.0 Å². The van der Waals surface area contributed by atoms with Gasteiger partial charge in [0, 0.05) is 18.0 Å². The maximum Gasteiger partial charge on any atom is 0.339 e. The Balaban J connectivity index is 0.00000237. The van der Waals surface area contributed by atoms with Crippen LogP contribution in [-0.2, 0) is 22.3 Å². The number of nitrogens with one attached hydrogen (secondary N) is 1. The van der Waals surface area contributed by atoms with E-state index in [1.165, 1.54) is 13.1 Å². The summed E-state index contributed by atoms with van der Waals surface area (Å²) in [4.78, 5) is 28.2. The van der Waals surface area contributed by atoms with Crippen LogP contribution in [0.3, 0.4) is 0 Å². The number of hydrogen-bond donors (Lipinski definition) is 4. The lowest BCUT2D eigenvalue weighted by atomic mass is 9.99. The second-order valence-corrected chi connectivity index (χ2v) is 10.3. The molecule has 0 spiro atoms. The summed E-state index contributed by atoms with van der Waals surface area (Å²) in [5, 5.41) is 19.3. The summed E-state index contributed by atoms with van der Waals surface area (Å²) in [7, 11) is -1.53. The quantitative estimate of drug-likeness (QED) is 0.160. The Bertz CT molecular complexity index is 1460. The predicted octanol–water partition coefficient (Wildman–Crippen LogP) is 4.26. The lowest BCUT2D eigenvalue weighted by Crippen LogP contribution is -2.39. The van der Waals surface area contributed by atoms with Crippen molar-refractivity contribution in [3.63, 3.8) is 0 Å². The van der Waals surface area contributed by atoms with Gasteiger partial charge in [-0.15, -0.1) is 0 Å². The molecule has 1 unspecified atom stereocenters. The number of aromatic nitrogens is 1. The Labute approximate surface area is 239 Å². The number of aromatic carboxylic acids is 1. The third kappa shape index (κ3) is 7.09. The number of anilines is 1. The molecule has 1 fully saturated rings. The third-order valence-corrected chi connectivity index (χ3v) is 7.66. The molecule has 42 heavy (non-hydrogen) atoms. The number of pyridine rings is 1. The first kappa shape index (κ1) is 32.6. The fraction of sp³-hybridized carbons (Fsp3) is 0.296. The van der Waals surface area contributed by atoms with Gasteiger partial charge in [0.1, 0.15) is 27.2 Å². The zero-order valence-corrected chi connectivity index (χ0v) is 23.0. The van der Waals surface area contributed by atoms with Crippen LogP contribution in [0.2, 0.25) is 0 Å². The number of carboxylic acids is 1. The summed E-state index contributed by atoms with van der Waals surface area (Å²) in [5.74, 6) is -14.2. The van der Waals surface area contributed by atoms with E-state index >= 15 is 0 Å². The number of aromatic hydroxyl groups is 1.